The summed E-state index contributed by atoms with van der Waals surface area (Å²) >= 11 is 1.53. The fraction of sp³-hybridized carbons (Fsp3) is 0.273. The van der Waals surface area contributed by atoms with Gasteiger partial charge in [-0.1, -0.05) is 42.5 Å². The Morgan fingerprint density at radius 3 is 2.46 bits per heavy atom. The van der Waals surface area contributed by atoms with Crippen molar-refractivity contribution in [3.05, 3.63) is 70.5 Å². The lowest BCUT2D eigenvalue weighted by Gasteiger charge is -2.23. The van der Waals surface area contributed by atoms with Crippen LogP contribution >= 0.6 is 11.3 Å². The molecule has 0 saturated carbocycles. The second-order valence-electron chi connectivity index (χ2n) is 7.58. The number of carbonyl (C=O) groups is 1. The van der Waals surface area contributed by atoms with Crippen LogP contribution in [0.1, 0.15) is 37.4 Å². The number of thiazole rings is 1. The van der Waals surface area contributed by atoms with E-state index in [9.17, 15) is 4.79 Å². The number of benzene rings is 2. The maximum atomic E-state index is 12.4. The number of aromatic nitrogens is 1. The molecule has 0 saturated heterocycles. The number of nitrogens with two attached hydrogens (primary N) is 1. The molecule has 0 unspecified atom stereocenters. The van der Waals surface area contributed by atoms with Crippen LogP contribution in [0.5, 0.6) is 0 Å². The molecule has 1 aromatic heterocycles. The van der Waals surface area contributed by atoms with E-state index in [4.69, 9.17) is 15.5 Å². The van der Waals surface area contributed by atoms with Crippen molar-refractivity contribution >= 4 is 23.1 Å². The number of hydrogen-bond acceptors (Lipinski definition) is 5. The molecule has 146 valence electrons. The van der Waals surface area contributed by atoms with Gasteiger partial charge in [0, 0.05) is 16.6 Å². The van der Waals surface area contributed by atoms with E-state index in [0.29, 0.717) is 12.1 Å². The van der Waals surface area contributed by atoms with E-state index < -0.39 is 11.7 Å². The first kappa shape index (κ1) is 19.9. The van der Waals surface area contributed by atoms with Crippen LogP contribution in [0.25, 0.3) is 11.3 Å². The van der Waals surface area contributed by atoms with Gasteiger partial charge in [-0.15, -0.1) is 11.3 Å². The number of ether oxygens (including phenoxy) is 1. The Labute approximate surface area is 169 Å². The van der Waals surface area contributed by atoms with Gasteiger partial charge in [0.05, 0.1) is 11.7 Å². The molecule has 3 N–H and O–H groups in total. The van der Waals surface area contributed by atoms with E-state index in [1.165, 1.54) is 11.3 Å². The van der Waals surface area contributed by atoms with Crippen LogP contribution in [0, 0.1) is 0 Å². The van der Waals surface area contributed by atoms with Gasteiger partial charge in [-0.2, -0.15) is 0 Å². The molecule has 1 amide bonds. The van der Waals surface area contributed by atoms with Gasteiger partial charge in [0.2, 0.25) is 0 Å². The molecule has 0 spiro atoms. The second kappa shape index (κ2) is 8.44. The molecular weight excluding hydrogens is 370 g/mol. The van der Waals surface area contributed by atoms with Crippen LogP contribution in [0.3, 0.4) is 0 Å². The third-order valence-corrected chi connectivity index (χ3v) is 4.96. The highest BCUT2D eigenvalue weighted by atomic mass is 32.1. The minimum Gasteiger partial charge on any atom is -0.444 e. The number of amides is 1. The lowest BCUT2D eigenvalue weighted by Crippen LogP contribution is -2.35. The van der Waals surface area contributed by atoms with Crippen molar-refractivity contribution in [2.24, 2.45) is 0 Å². The molecule has 28 heavy (non-hydrogen) atoms. The maximum absolute atomic E-state index is 12.4. The molecule has 0 aliphatic carbocycles. The van der Waals surface area contributed by atoms with Crippen molar-refractivity contribution in [1.29, 1.82) is 0 Å². The van der Waals surface area contributed by atoms with E-state index >= 15 is 0 Å². The van der Waals surface area contributed by atoms with Gasteiger partial charge in [0.15, 0.2) is 0 Å². The first-order valence-corrected chi connectivity index (χ1v) is 10.0. The van der Waals surface area contributed by atoms with E-state index in [-0.39, 0.29) is 6.04 Å². The molecule has 2 aromatic carbocycles. The zero-order chi connectivity index (χ0) is 20.1. The Morgan fingerprint density at radius 1 is 1.14 bits per heavy atom. The van der Waals surface area contributed by atoms with Crippen LogP contribution in [-0.4, -0.2) is 16.7 Å². The highest BCUT2D eigenvalue weighted by Crippen LogP contribution is 2.28. The molecule has 0 radical (unpaired) electrons. The summed E-state index contributed by atoms with van der Waals surface area (Å²) in [5, 5.41) is 5.82. The average molecular weight is 396 g/mol. The van der Waals surface area contributed by atoms with Gasteiger partial charge in [-0.25, -0.2) is 9.78 Å². The van der Waals surface area contributed by atoms with Crippen molar-refractivity contribution in [2.45, 2.75) is 38.8 Å². The lowest BCUT2D eigenvalue weighted by molar-refractivity contribution is 0.0503. The fourth-order valence-corrected chi connectivity index (χ4v) is 3.61. The van der Waals surface area contributed by atoms with Crippen molar-refractivity contribution in [3.63, 3.8) is 0 Å². The predicted octanol–water partition coefficient (Wildman–Crippen LogP) is 5.20. The van der Waals surface area contributed by atoms with Gasteiger partial charge >= 0.3 is 6.09 Å². The number of hydrogen-bond donors (Lipinski definition) is 2. The quantitative estimate of drug-likeness (QED) is 0.582. The average Bonchev–Trinajstić information content (AvgIpc) is 3.12. The maximum Gasteiger partial charge on any atom is 0.408 e. The molecule has 3 aromatic rings. The third kappa shape index (κ3) is 5.57. The van der Waals surface area contributed by atoms with Gasteiger partial charge in [0.25, 0.3) is 0 Å². The third-order valence-electron chi connectivity index (χ3n) is 4.00. The molecule has 0 fully saturated rings. The number of nitrogens with one attached hydrogen (secondary N) is 1. The van der Waals surface area contributed by atoms with Gasteiger partial charge in [0.1, 0.15) is 10.6 Å². The first-order valence-electron chi connectivity index (χ1n) is 9.15. The summed E-state index contributed by atoms with van der Waals surface area (Å²) in [6, 6.07) is 17.3. The zero-order valence-electron chi connectivity index (χ0n) is 16.3. The largest absolute Gasteiger partial charge is 0.444 e. The van der Waals surface area contributed by atoms with E-state index in [0.717, 1.165) is 21.8 Å². The smallest absolute Gasteiger partial charge is 0.408 e. The Morgan fingerprint density at radius 2 is 1.82 bits per heavy atom. The summed E-state index contributed by atoms with van der Waals surface area (Å²) in [7, 11) is 0. The van der Waals surface area contributed by atoms with E-state index in [1.807, 2.05) is 80.7 Å². The van der Waals surface area contributed by atoms with Crippen LogP contribution < -0.4 is 11.1 Å². The van der Waals surface area contributed by atoms with Crippen LogP contribution in [0.15, 0.2) is 60.0 Å². The first-order chi connectivity index (χ1) is 13.3. The van der Waals surface area contributed by atoms with Crippen molar-refractivity contribution in [1.82, 2.24) is 10.3 Å². The molecule has 0 bridgehead atoms. The number of carbonyl (C=O) groups excluding carboxylic acids is 1. The number of rotatable bonds is 5. The summed E-state index contributed by atoms with van der Waals surface area (Å²) < 4.78 is 5.44. The van der Waals surface area contributed by atoms with E-state index in [1.54, 1.807) is 0 Å². The Kier molecular flexibility index (Phi) is 5.99. The minimum atomic E-state index is -0.562. The zero-order valence-corrected chi connectivity index (χ0v) is 17.1. The minimum absolute atomic E-state index is 0.291. The molecule has 6 heteroatoms. The number of nitrogen functional groups attached to an aromatic ring is 1. The van der Waals surface area contributed by atoms with Crippen LogP contribution in [-0.2, 0) is 11.2 Å². The van der Waals surface area contributed by atoms with Gasteiger partial charge in [-0.05, 0) is 44.9 Å². The number of alkyl carbamates (subject to hydrolysis) is 1. The topological polar surface area (TPSA) is 77.2 Å². The van der Waals surface area contributed by atoms with Crippen molar-refractivity contribution in [3.8, 4) is 11.3 Å². The Balaban J connectivity index is 1.84. The molecule has 5 nitrogen and oxygen atoms in total. The highest BCUT2D eigenvalue weighted by molar-refractivity contribution is 7.10. The number of nitrogens with zero attached hydrogens (tertiary/aromatic N) is 1. The monoisotopic (exact) mass is 395 g/mol. The van der Waals surface area contributed by atoms with Gasteiger partial charge in [-0.3, -0.25) is 0 Å². The molecule has 1 heterocycles. The standard InChI is InChI=1S/C22H25N3O2S/c1-22(2,3)27-21(26)25-18(13-15-9-11-17(23)12-10-15)20-24-19(14-28-20)16-7-5-4-6-8-16/h4-12,14,18H,13,23H2,1-3H3,(H,25,26)/t18-/m0/s1. The summed E-state index contributed by atoms with van der Waals surface area (Å²) in [5.41, 5.74) is 8.94. The molecule has 1 atom stereocenters. The van der Waals surface area contributed by atoms with Crippen LogP contribution in [0.2, 0.25) is 0 Å². The lowest BCUT2D eigenvalue weighted by atomic mass is 10.1. The van der Waals surface area contributed by atoms with Crippen molar-refractivity contribution in [2.75, 3.05) is 5.73 Å². The second-order valence-corrected chi connectivity index (χ2v) is 8.47. The predicted molar refractivity (Wildman–Crippen MR) is 114 cm³/mol. The number of anilines is 1. The molecule has 3 rings (SSSR count). The normalized spacial score (nSPS) is 12.4. The van der Waals surface area contributed by atoms with Crippen molar-refractivity contribution < 1.29 is 9.53 Å². The Bertz CT molecular complexity index is 915. The summed E-state index contributed by atoms with van der Waals surface area (Å²) in [6.07, 6.45) is 0.144. The highest BCUT2D eigenvalue weighted by Gasteiger charge is 2.23. The summed E-state index contributed by atoms with van der Waals surface area (Å²) in [4.78, 5) is 17.2. The van der Waals surface area contributed by atoms with Gasteiger partial charge < -0.3 is 15.8 Å². The molecular formula is C22H25N3O2S. The SMILES string of the molecule is CC(C)(C)OC(=O)N[C@@H](Cc1ccc(N)cc1)c1nc(-c2ccccc2)cs1. The summed E-state index contributed by atoms with van der Waals surface area (Å²) in [6.45, 7) is 5.54. The Hall–Kier alpha value is -2.86. The van der Waals surface area contributed by atoms with Crippen LogP contribution in [0.4, 0.5) is 10.5 Å². The summed E-state index contributed by atoms with van der Waals surface area (Å²) in [5.74, 6) is 0. The molecule has 0 aliphatic heterocycles. The van der Waals surface area contributed by atoms with E-state index in [2.05, 4.69) is 5.32 Å². The fourth-order valence-electron chi connectivity index (χ4n) is 2.73. The molecule has 0 aliphatic rings.